The Morgan fingerprint density at radius 3 is 1.80 bits per heavy atom. The third-order valence-electron chi connectivity index (χ3n) is 5.85. The van der Waals surface area contributed by atoms with Crippen LogP contribution in [0.25, 0.3) is 0 Å². The summed E-state index contributed by atoms with van der Waals surface area (Å²) in [5, 5.41) is 10.2. The molecule has 10 heteroatoms. The topological polar surface area (TPSA) is 78.6 Å². The van der Waals surface area contributed by atoms with Gasteiger partial charge in [0.25, 0.3) is 6.47 Å². The Bertz CT molecular complexity index is 1290. The molecule has 41 heavy (non-hydrogen) atoms. The molecule has 5 nitrogen and oxygen atoms in total. The van der Waals surface area contributed by atoms with Crippen molar-refractivity contribution >= 4 is 70.2 Å². The van der Waals surface area contributed by atoms with Gasteiger partial charge in [-0.2, -0.15) is 0 Å². The van der Waals surface area contributed by atoms with Crippen molar-refractivity contribution in [3.05, 3.63) is 139 Å². The maximum Gasteiger partial charge on any atom is 1.00 e. The first-order valence-electron chi connectivity index (χ1n) is 12.3. The van der Waals surface area contributed by atoms with Crippen molar-refractivity contribution in [1.82, 2.24) is 4.90 Å². The van der Waals surface area contributed by atoms with Crippen LogP contribution in [0.4, 0.5) is 0 Å². The average Bonchev–Trinajstić information content (AvgIpc) is 3.42. The number of nitrogens with zero attached hydrogens (tertiary/aromatic N) is 1. The van der Waals surface area contributed by atoms with E-state index in [-0.39, 0.29) is 36.0 Å². The molecule has 0 aromatic heterocycles. The first-order valence-corrected chi connectivity index (χ1v) is 16.2. The SMILES string of the molecule is BrCc1cccc(Br)c1CBr.Brc1cccc2c1CN(Cc1ccccc1)C2.NCc1ccccc1.O=CO[O-].[Na+]. The number of hydrogen-bond donors (Lipinski definition) is 1. The van der Waals surface area contributed by atoms with Gasteiger partial charge < -0.3 is 15.9 Å². The second-order valence-corrected chi connectivity index (χ2v) is 11.4. The van der Waals surface area contributed by atoms with Gasteiger partial charge in [-0.25, -0.2) is 0 Å². The van der Waals surface area contributed by atoms with Crippen LogP contribution in [-0.2, 0) is 46.5 Å². The molecular formula is C31H31Br4N2NaO3. The number of rotatable bonds is 6. The third kappa shape index (κ3) is 14.0. The van der Waals surface area contributed by atoms with Gasteiger partial charge in [-0.15, -0.1) is 0 Å². The van der Waals surface area contributed by atoms with E-state index in [9.17, 15) is 0 Å². The molecule has 0 bridgehead atoms. The summed E-state index contributed by atoms with van der Waals surface area (Å²) >= 11 is 14.0. The fourth-order valence-electron chi connectivity index (χ4n) is 3.89. The Labute approximate surface area is 298 Å². The van der Waals surface area contributed by atoms with E-state index >= 15 is 0 Å². The van der Waals surface area contributed by atoms with Gasteiger partial charge in [-0.3, -0.25) is 9.69 Å². The van der Waals surface area contributed by atoms with E-state index in [1.54, 1.807) is 0 Å². The zero-order chi connectivity index (χ0) is 29.2. The second kappa shape index (κ2) is 22.7. The third-order valence-corrected chi connectivity index (χ3v) is 8.50. The molecule has 2 N–H and O–H groups in total. The van der Waals surface area contributed by atoms with Crippen LogP contribution in [-0.4, -0.2) is 11.4 Å². The Balaban J connectivity index is 0.000000304. The molecule has 0 spiro atoms. The van der Waals surface area contributed by atoms with E-state index in [1.165, 1.54) is 42.3 Å². The summed E-state index contributed by atoms with van der Waals surface area (Å²) < 4.78 is 2.41. The van der Waals surface area contributed by atoms with Crippen LogP contribution in [0.5, 0.6) is 0 Å². The van der Waals surface area contributed by atoms with Crippen LogP contribution in [0.1, 0.15) is 33.4 Å². The quantitative estimate of drug-likeness (QED) is 0.0997. The smallest absolute Gasteiger partial charge is 0.662 e. The summed E-state index contributed by atoms with van der Waals surface area (Å²) in [5.74, 6) is 0. The van der Waals surface area contributed by atoms with Gasteiger partial charge in [0, 0.05) is 45.8 Å². The maximum absolute atomic E-state index is 8.64. The maximum atomic E-state index is 8.64. The van der Waals surface area contributed by atoms with Crippen molar-refractivity contribution in [2.75, 3.05) is 0 Å². The van der Waals surface area contributed by atoms with Crippen molar-refractivity contribution < 1.29 is 44.5 Å². The zero-order valence-electron chi connectivity index (χ0n) is 22.8. The molecule has 1 aliphatic heterocycles. The molecule has 0 unspecified atom stereocenters. The molecule has 212 valence electrons. The van der Waals surface area contributed by atoms with Gasteiger partial charge in [0.15, 0.2) is 0 Å². The molecule has 0 radical (unpaired) electrons. The standard InChI is InChI=1S/C15H14BrN.C8H7Br3.C7H9N.CH2O3.Na/c16-15-8-4-7-13-10-17(11-14(13)15)9-12-5-2-1-3-6-12;9-4-6-2-1-3-8(11)7(6)5-10;8-6-7-4-2-1-3-5-7;2-1-4-3;/h1-8H,9-11H2;1-3H,4-5H2;1-5H,6,8H2;1,3H;/q;;;;+1/p-1. The van der Waals surface area contributed by atoms with Crippen LogP contribution >= 0.6 is 63.7 Å². The van der Waals surface area contributed by atoms with Crippen LogP contribution in [0, 0.1) is 0 Å². The molecular weight excluding hydrogens is 791 g/mol. The fraction of sp³-hybridized carbons (Fsp3) is 0.194. The van der Waals surface area contributed by atoms with E-state index in [4.69, 9.17) is 15.8 Å². The Hall–Kier alpha value is -0.850. The summed E-state index contributed by atoms with van der Waals surface area (Å²) in [6.45, 7) is 3.60. The number of halogens is 4. The molecule has 0 aliphatic carbocycles. The fourth-order valence-corrected chi connectivity index (χ4v) is 6.54. The van der Waals surface area contributed by atoms with Crippen molar-refractivity contribution in [1.29, 1.82) is 0 Å². The predicted molar refractivity (Wildman–Crippen MR) is 174 cm³/mol. The van der Waals surface area contributed by atoms with Crippen molar-refractivity contribution in [2.45, 2.75) is 36.8 Å². The molecule has 0 atom stereocenters. The molecule has 1 aliphatic rings. The van der Waals surface area contributed by atoms with E-state index in [2.05, 4.69) is 134 Å². The van der Waals surface area contributed by atoms with E-state index in [0.717, 1.165) is 30.3 Å². The summed E-state index contributed by atoms with van der Waals surface area (Å²) in [4.78, 5) is 13.7. The van der Waals surface area contributed by atoms with Gasteiger partial charge in [0.1, 0.15) is 0 Å². The summed E-state index contributed by atoms with van der Waals surface area (Å²) in [6.07, 6.45) is 0. The van der Waals surface area contributed by atoms with E-state index in [1.807, 2.05) is 36.4 Å². The average molecular weight is 822 g/mol. The second-order valence-electron chi connectivity index (χ2n) is 8.54. The van der Waals surface area contributed by atoms with Crippen molar-refractivity contribution in [3.8, 4) is 0 Å². The Kier molecular flexibility index (Phi) is 21.1. The normalized spacial score (nSPS) is 11.2. The number of carbonyl (C=O) groups excluding carboxylic acids is 1. The zero-order valence-corrected chi connectivity index (χ0v) is 31.2. The molecule has 0 saturated heterocycles. The number of carbonyl (C=O) groups is 1. The first kappa shape index (κ1) is 38.2. The van der Waals surface area contributed by atoms with Gasteiger partial charge in [-0.1, -0.05) is 149 Å². The number of fused-ring (bicyclic) bond motifs is 1. The van der Waals surface area contributed by atoms with Gasteiger partial charge in [-0.05, 0) is 45.5 Å². The summed E-state index contributed by atoms with van der Waals surface area (Å²) in [7, 11) is 0. The van der Waals surface area contributed by atoms with Gasteiger partial charge >= 0.3 is 29.6 Å². The Morgan fingerprint density at radius 2 is 1.34 bits per heavy atom. The Morgan fingerprint density at radius 1 is 0.780 bits per heavy atom. The minimum absolute atomic E-state index is 0. The minimum Gasteiger partial charge on any atom is -0.662 e. The molecule has 4 aromatic carbocycles. The number of benzene rings is 4. The molecule has 1 heterocycles. The molecule has 0 amide bonds. The summed E-state index contributed by atoms with van der Waals surface area (Å²) in [6, 6.07) is 33.4. The van der Waals surface area contributed by atoms with Crippen LogP contribution in [0.15, 0.2) is 106 Å². The summed E-state index contributed by atoms with van der Waals surface area (Å²) in [5.41, 5.74) is 13.5. The monoisotopic (exact) mass is 818 g/mol. The van der Waals surface area contributed by atoms with Crippen LogP contribution < -0.4 is 40.5 Å². The van der Waals surface area contributed by atoms with E-state index < -0.39 is 0 Å². The minimum atomic E-state index is -0.181. The molecule has 5 rings (SSSR count). The van der Waals surface area contributed by atoms with Gasteiger partial charge in [0.2, 0.25) is 0 Å². The van der Waals surface area contributed by atoms with Crippen molar-refractivity contribution in [2.24, 2.45) is 5.73 Å². The van der Waals surface area contributed by atoms with Crippen molar-refractivity contribution in [3.63, 3.8) is 0 Å². The molecule has 0 saturated carbocycles. The largest absolute Gasteiger partial charge is 1.00 e. The molecule has 4 aromatic rings. The number of nitrogens with two attached hydrogens (primary N) is 1. The number of hydrogen-bond acceptors (Lipinski definition) is 5. The predicted octanol–water partition coefficient (Wildman–Crippen LogP) is 4.79. The van der Waals surface area contributed by atoms with Crippen LogP contribution in [0.3, 0.4) is 0 Å². The van der Waals surface area contributed by atoms with Gasteiger partial charge in [0.05, 0.1) is 0 Å². The molecule has 0 fully saturated rings. The van der Waals surface area contributed by atoms with Crippen LogP contribution in [0.2, 0.25) is 0 Å². The van der Waals surface area contributed by atoms with E-state index in [0.29, 0.717) is 6.54 Å². The number of alkyl halides is 2. The first-order chi connectivity index (χ1) is 19.5.